The summed E-state index contributed by atoms with van der Waals surface area (Å²) in [5.74, 6) is 0.564. The second-order valence-electron chi connectivity index (χ2n) is 12.6. The topological polar surface area (TPSA) is 16.4 Å². The van der Waals surface area contributed by atoms with Crippen LogP contribution >= 0.6 is 0 Å². The lowest BCUT2D eigenvalue weighted by atomic mass is 9.85. The molecule has 0 radical (unpaired) electrons. The smallest absolute Gasteiger partial charge is 0.136 e. The molecule has 1 aromatic heterocycles. The monoisotopic (exact) mass is 603 g/mol. The molecule has 0 fully saturated rings. The van der Waals surface area contributed by atoms with Crippen molar-refractivity contribution in [1.82, 2.24) is 0 Å². The molecule has 2 heteroatoms. The van der Waals surface area contributed by atoms with Gasteiger partial charge in [0, 0.05) is 27.8 Å². The van der Waals surface area contributed by atoms with Gasteiger partial charge in [0.1, 0.15) is 11.2 Å². The number of furan rings is 1. The highest BCUT2D eigenvalue weighted by Gasteiger charge is 2.17. The zero-order valence-corrected chi connectivity index (χ0v) is 26.2. The molecule has 8 aromatic rings. The quantitative estimate of drug-likeness (QED) is 0.195. The van der Waals surface area contributed by atoms with E-state index < -0.39 is 0 Å². The lowest BCUT2D eigenvalue weighted by Crippen LogP contribution is -2.09. The van der Waals surface area contributed by atoms with E-state index in [0.29, 0.717) is 5.92 Å². The van der Waals surface area contributed by atoms with Crippen molar-refractivity contribution in [3.05, 3.63) is 169 Å². The Labute approximate surface area is 274 Å². The van der Waals surface area contributed by atoms with E-state index in [0.717, 1.165) is 56.5 Å². The van der Waals surface area contributed by atoms with E-state index in [1.165, 1.54) is 33.0 Å². The summed E-state index contributed by atoms with van der Waals surface area (Å²) in [7, 11) is 0. The van der Waals surface area contributed by atoms with Crippen LogP contribution in [0.3, 0.4) is 0 Å². The number of hydrogen-bond acceptors (Lipinski definition) is 2. The van der Waals surface area contributed by atoms with Crippen molar-refractivity contribution in [3.63, 3.8) is 0 Å². The third-order valence-electron chi connectivity index (χ3n) is 9.63. The van der Waals surface area contributed by atoms with E-state index in [1.54, 1.807) is 0 Å². The molecule has 1 atom stereocenters. The number of fused-ring (bicyclic) bond motifs is 6. The molecule has 224 valence electrons. The molecule has 1 aliphatic carbocycles. The Bertz CT molecular complexity index is 2430. The third kappa shape index (κ3) is 4.81. The van der Waals surface area contributed by atoms with Crippen LogP contribution in [0.15, 0.2) is 162 Å². The summed E-state index contributed by atoms with van der Waals surface area (Å²) in [5.41, 5.74) is 12.8. The highest BCUT2D eigenvalue weighted by molar-refractivity contribution is 6.06. The highest BCUT2D eigenvalue weighted by Crippen LogP contribution is 2.39. The van der Waals surface area contributed by atoms with Crippen LogP contribution in [0.5, 0.6) is 0 Å². The van der Waals surface area contributed by atoms with Crippen molar-refractivity contribution in [3.8, 4) is 22.3 Å². The molecule has 0 bridgehead atoms. The molecule has 0 N–H and O–H groups in total. The summed E-state index contributed by atoms with van der Waals surface area (Å²) in [4.78, 5) is 2.32. The van der Waals surface area contributed by atoms with Gasteiger partial charge in [-0.2, -0.15) is 0 Å². The molecule has 1 unspecified atom stereocenters. The molecule has 1 aliphatic rings. The number of rotatable bonds is 5. The van der Waals surface area contributed by atoms with Gasteiger partial charge < -0.3 is 9.32 Å². The van der Waals surface area contributed by atoms with Crippen LogP contribution in [-0.4, -0.2) is 0 Å². The van der Waals surface area contributed by atoms with Crippen LogP contribution in [0.1, 0.15) is 18.1 Å². The maximum atomic E-state index is 6.18. The second-order valence-corrected chi connectivity index (χ2v) is 12.6. The summed E-state index contributed by atoms with van der Waals surface area (Å²) in [6.45, 7) is 2.30. The first-order chi connectivity index (χ1) is 23.2. The minimum Gasteiger partial charge on any atom is -0.456 e. The minimum atomic E-state index is 0.564. The second kappa shape index (κ2) is 11.2. The standard InChI is InChI=1S/C45H33NO/c1-30-14-15-33-20-26-40-38(11-7-12-39(40)43(33)28-30)32-18-24-37(25-19-32)46(35-8-3-2-4-9-35)36-22-16-31(17-23-36)34-21-27-42-41-10-5-6-13-44(41)47-45(42)29-34/h2-27,29-30H,28H2,1H3. The number of allylic oxidation sites excluding steroid dienone is 1. The zero-order valence-electron chi connectivity index (χ0n) is 26.2. The maximum absolute atomic E-state index is 6.18. The van der Waals surface area contributed by atoms with E-state index in [9.17, 15) is 0 Å². The maximum Gasteiger partial charge on any atom is 0.136 e. The first-order valence-electron chi connectivity index (χ1n) is 16.4. The molecule has 2 nitrogen and oxygen atoms in total. The predicted molar refractivity (Wildman–Crippen MR) is 199 cm³/mol. The Morgan fingerprint density at radius 1 is 0.511 bits per heavy atom. The van der Waals surface area contributed by atoms with Gasteiger partial charge in [-0.1, -0.05) is 116 Å². The molecule has 0 saturated heterocycles. The molecule has 0 saturated carbocycles. The van der Waals surface area contributed by atoms with Gasteiger partial charge in [0.15, 0.2) is 0 Å². The van der Waals surface area contributed by atoms with Crippen molar-refractivity contribution < 1.29 is 4.42 Å². The van der Waals surface area contributed by atoms with Gasteiger partial charge in [-0.3, -0.25) is 0 Å². The van der Waals surface area contributed by atoms with Crippen molar-refractivity contribution in [2.24, 2.45) is 5.92 Å². The van der Waals surface area contributed by atoms with Crippen LogP contribution in [0.25, 0.3) is 61.0 Å². The molecule has 0 aliphatic heterocycles. The van der Waals surface area contributed by atoms with E-state index in [-0.39, 0.29) is 0 Å². The summed E-state index contributed by atoms with van der Waals surface area (Å²) >= 11 is 0. The van der Waals surface area contributed by atoms with Crippen LogP contribution in [0.4, 0.5) is 17.1 Å². The van der Waals surface area contributed by atoms with Gasteiger partial charge in [-0.25, -0.2) is 0 Å². The average molecular weight is 604 g/mol. The summed E-state index contributed by atoms with van der Waals surface area (Å²) < 4.78 is 6.18. The number of nitrogens with zero attached hydrogens (tertiary/aromatic N) is 1. The SMILES string of the molecule is CC1C=Cc2ccc3c(-c4ccc(N(c5ccccc5)c5ccc(-c6ccc7c(c6)oc6ccccc67)cc5)cc4)cccc3c2C1. The van der Waals surface area contributed by atoms with Gasteiger partial charge in [0.2, 0.25) is 0 Å². The first-order valence-corrected chi connectivity index (χ1v) is 16.4. The predicted octanol–water partition coefficient (Wildman–Crippen LogP) is 12.7. The van der Waals surface area contributed by atoms with Gasteiger partial charge in [0.05, 0.1) is 0 Å². The van der Waals surface area contributed by atoms with E-state index in [2.05, 4.69) is 164 Å². The number of para-hydroxylation sites is 2. The molecule has 0 amide bonds. The third-order valence-corrected chi connectivity index (χ3v) is 9.63. The van der Waals surface area contributed by atoms with E-state index in [1.807, 2.05) is 12.1 Å². The minimum absolute atomic E-state index is 0.564. The van der Waals surface area contributed by atoms with Crippen LogP contribution in [0.2, 0.25) is 0 Å². The largest absolute Gasteiger partial charge is 0.456 e. The lowest BCUT2D eigenvalue weighted by Gasteiger charge is -2.26. The number of anilines is 3. The molecule has 1 heterocycles. The van der Waals surface area contributed by atoms with E-state index >= 15 is 0 Å². The fraction of sp³-hybridized carbons (Fsp3) is 0.0667. The van der Waals surface area contributed by atoms with Crippen LogP contribution < -0.4 is 4.90 Å². The van der Waals surface area contributed by atoms with Gasteiger partial charge in [-0.05, 0) is 111 Å². The Balaban J connectivity index is 1.07. The summed E-state index contributed by atoms with van der Waals surface area (Å²) in [5, 5.41) is 4.98. The molecular formula is C45H33NO. The zero-order chi connectivity index (χ0) is 31.3. The van der Waals surface area contributed by atoms with Gasteiger partial charge in [-0.15, -0.1) is 0 Å². The van der Waals surface area contributed by atoms with Gasteiger partial charge >= 0.3 is 0 Å². The number of benzene rings is 7. The van der Waals surface area contributed by atoms with Crippen molar-refractivity contribution in [2.45, 2.75) is 13.3 Å². The van der Waals surface area contributed by atoms with Crippen molar-refractivity contribution in [1.29, 1.82) is 0 Å². The average Bonchev–Trinajstić information content (AvgIpc) is 3.50. The highest BCUT2D eigenvalue weighted by atomic mass is 16.3. The van der Waals surface area contributed by atoms with Crippen LogP contribution in [0, 0.1) is 5.92 Å². The van der Waals surface area contributed by atoms with Crippen LogP contribution in [-0.2, 0) is 6.42 Å². The Hall–Kier alpha value is -5.86. The Morgan fingerprint density at radius 2 is 1.15 bits per heavy atom. The van der Waals surface area contributed by atoms with Crippen molar-refractivity contribution in [2.75, 3.05) is 4.90 Å². The summed E-state index contributed by atoms with van der Waals surface area (Å²) in [6, 6.07) is 54.5. The Kier molecular flexibility index (Phi) is 6.53. The molecule has 7 aromatic carbocycles. The number of hydrogen-bond donors (Lipinski definition) is 0. The van der Waals surface area contributed by atoms with E-state index in [4.69, 9.17) is 4.42 Å². The molecule has 0 spiro atoms. The molecular weight excluding hydrogens is 571 g/mol. The lowest BCUT2D eigenvalue weighted by molar-refractivity contribution is 0.669. The Morgan fingerprint density at radius 3 is 1.96 bits per heavy atom. The fourth-order valence-electron chi connectivity index (χ4n) is 7.25. The summed E-state index contributed by atoms with van der Waals surface area (Å²) in [6.07, 6.45) is 5.70. The molecule has 9 rings (SSSR count). The molecule has 47 heavy (non-hydrogen) atoms. The van der Waals surface area contributed by atoms with Crippen molar-refractivity contribution >= 4 is 55.8 Å². The fourth-order valence-corrected chi connectivity index (χ4v) is 7.25. The van der Waals surface area contributed by atoms with Gasteiger partial charge in [0.25, 0.3) is 0 Å². The first kappa shape index (κ1) is 27.5. The normalized spacial score (nSPS) is 14.1.